The number of hydrogen-bond donors (Lipinski definition) is 0. The number of carbonyl (C=O) groups excluding carboxylic acids is 1. The van der Waals surface area contributed by atoms with Gasteiger partial charge in [0, 0.05) is 36.9 Å². The molecule has 0 aliphatic heterocycles. The molecule has 0 atom stereocenters. The zero-order valence-corrected chi connectivity index (χ0v) is 13.7. The van der Waals surface area contributed by atoms with E-state index in [9.17, 15) is 4.79 Å². The van der Waals surface area contributed by atoms with Crippen molar-refractivity contribution in [2.45, 2.75) is 26.3 Å². The first-order valence-electron chi connectivity index (χ1n) is 7.13. The third-order valence-electron chi connectivity index (χ3n) is 3.29. The lowest BCUT2D eigenvalue weighted by molar-refractivity contribution is -0.130. The second-order valence-corrected chi connectivity index (χ2v) is 5.97. The fourth-order valence-electron chi connectivity index (χ4n) is 2.09. The van der Waals surface area contributed by atoms with Crippen LogP contribution in [0.2, 0.25) is 0 Å². The lowest BCUT2D eigenvalue weighted by Gasteiger charge is -2.14. The molecule has 3 aromatic heterocycles. The maximum atomic E-state index is 12.1. The fraction of sp³-hybridized carbons (Fsp3) is 0.333. The highest BCUT2D eigenvalue weighted by Crippen LogP contribution is 2.20. The molecule has 7 nitrogen and oxygen atoms in total. The maximum Gasteiger partial charge on any atom is 0.248 e. The molecular formula is C15H16N4O3S. The van der Waals surface area contributed by atoms with Crippen molar-refractivity contribution >= 4 is 17.2 Å². The van der Waals surface area contributed by atoms with Gasteiger partial charge in [0.1, 0.15) is 11.5 Å². The Bertz CT molecular complexity index is 778. The van der Waals surface area contributed by atoms with Gasteiger partial charge < -0.3 is 13.8 Å². The van der Waals surface area contributed by atoms with Gasteiger partial charge in [-0.15, -0.1) is 10.2 Å². The van der Waals surface area contributed by atoms with E-state index in [4.69, 9.17) is 8.94 Å². The fourth-order valence-corrected chi connectivity index (χ4v) is 2.72. The van der Waals surface area contributed by atoms with Crippen molar-refractivity contribution in [1.29, 1.82) is 0 Å². The summed E-state index contributed by atoms with van der Waals surface area (Å²) >= 11 is 1.57. The van der Waals surface area contributed by atoms with Crippen LogP contribution in [0, 0.1) is 6.92 Å². The van der Waals surface area contributed by atoms with Gasteiger partial charge in [-0.2, -0.15) is 11.3 Å². The minimum Gasteiger partial charge on any atom is -0.421 e. The van der Waals surface area contributed by atoms with Crippen LogP contribution in [0.15, 0.2) is 31.8 Å². The Morgan fingerprint density at radius 2 is 2.26 bits per heavy atom. The largest absolute Gasteiger partial charge is 0.421 e. The zero-order valence-electron chi connectivity index (χ0n) is 12.9. The third-order valence-corrected chi connectivity index (χ3v) is 3.97. The molecule has 0 radical (unpaired) electrons. The van der Waals surface area contributed by atoms with Crippen LogP contribution in [-0.4, -0.2) is 33.2 Å². The molecule has 120 valence electrons. The summed E-state index contributed by atoms with van der Waals surface area (Å²) in [6, 6.07) is 3.73. The summed E-state index contributed by atoms with van der Waals surface area (Å²) in [5.41, 5.74) is 1.63. The molecule has 0 N–H and O–H groups in total. The molecule has 0 saturated carbocycles. The van der Waals surface area contributed by atoms with Gasteiger partial charge in [0.2, 0.25) is 17.7 Å². The van der Waals surface area contributed by atoms with Gasteiger partial charge in [0.15, 0.2) is 0 Å². The number of aryl methyl sites for hydroxylation is 2. The average molecular weight is 332 g/mol. The molecule has 3 rings (SSSR count). The third kappa shape index (κ3) is 3.84. The van der Waals surface area contributed by atoms with Crippen LogP contribution in [0.1, 0.15) is 23.8 Å². The van der Waals surface area contributed by atoms with E-state index in [1.807, 2.05) is 29.8 Å². The smallest absolute Gasteiger partial charge is 0.248 e. The van der Waals surface area contributed by atoms with Gasteiger partial charge in [-0.05, 0) is 18.4 Å². The van der Waals surface area contributed by atoms with E-state index in [-0.39, 0.29) is 5.91 Å². The Kier molecular flexibility index (Phi) is 4.52. The van der Waals surface area contributed by atoms with Gasteiger partial charge in [0.25, 0.3) is 0 Å². The number of amides is 1. The molecule has 3 heterocycles. The molecule has 8 heteroatoms. The van der Waals surface area contributed by atoms with Crippen molar-refractivity contribution in [1.82, 2.24) is 20.3 Å². The average Bonchev–Trinajstić information content (AvgIpc) is 3.26. The van der Waals surface area contributed by atoms with Crippen molar-refractivity contribution in [3.8, 4) is 11.5 Å². The van der Waals surface area contributed by atoms with Gasteiger partial charge in [0.05, 0.1) is 6.54 Å². The van der Waals surface area contributed by atoms with Crippen LogP contribution in [0.3, 0.4) is 0 Å². The zero-order chi connectivity index (χ0) is 16.2. The highest BCUT2D eigenvalue weighted by molar-refractivity contribution is 7.08. The molecule has 0 unspecified atom stereocenters. The van der Waals surface area contributed by atoms with Crippen LogP contribution in [-0.2, 0) is 17.8 Å². The number of thiophene rings is 1. The van der Waals surface area contributed by atoms with Gasteiger partial charge in [-0.25, -0.2) is 0 Å². The topological polar surface area (TPSA) is 85.3 Å². The van der Waals surface area contributed by atoms with Crippen LogP contribution in [0.4, 0.5) is 0 Å². The van der Waals surface area contributed by atoms with Gasteiger partial charge in [-0.1, -0.05) is 5.16 Å². The summed E-state index contributed by atoms with van der Waals surface area (Å²) < 4.78 is 10.6. The summed E-state index contributed by atoms with van der Waals surface area (Å²) in [5, 5.41) is 15.7. The monoisotopic (exact) mass is 332 g/mol. The van der Waals surface area contributed by atoms with Crippen LogP contribution in [0.5, 0.6) is 0 Å². The molecule has 0 aromatic carbocycles. The number of rotatable bonds is 6. The van der Waals surface area contributed by atoms with Crippen LogP contribution < -0.4 is 0 Å². The molecule has 0 aliphatic rings. The first kappa shape index (κ1) is 15.4. The Morgan fingerprint density at radius 3 is 2.96 bits per heavy atom. The standard InChI is InChI=1S/C15H16N4O3S/c1-10-7-12(18-22-10)8-19(2)14(20)4-3-13-16-17-15(21-13)11-5-6-23-9-11/h5-7,9H,3-4,8H2,1-2H3. The first-order valence-corrected chi connectivity index (χ1v) is 8.07. The van der Waals surface area contributed by atoms with E-state index in [0.29, 0.717) is 31.2 Å². The molecule has 1 amide bonds. The van der Waals surface area contributed by atoms with Crippen molar-refractivity contribution in [2.75, 3.05) is 7.05 Å². The molecule has 0 aliphatic carbocycles. The first-order chi connectivity index (χ1) is 11.1. The lowest BCUT2D eigenvalue weighted by atomic mass is 10.2. The minimum absolute atomic E-state index is 0.0130. The predicted octanol–water partition coefficient (Wildman–Crippen LogP) is 2.69. The van der Waals surface area contributed by atoms with Crippen molar-refractivity contribution in [3.63, 3.8) is 0 Å². The van der Waals surface area contributed by atoms with E-state index in [1.165, 1.54) is 0 Å². The summed E-state index contributed by atoms with van der Waals surface area (Å²) in [5.74, 6) is 1.67. The van der Waals surface area contributed by atoms with Crippen LogP contribution >= 0.6 is 11.3 Å². The predicted molar refractivity (Wildman–Crippen MR) is 83.6 cm³/mol. The number of nitrogens with zero attached hydrogens (tertiary/aromatic N) is 4. The van der Waals surface area contributed by atoms with Crippen LogP contribution in [0.25, 0.3) is 11.5 Å². The van der Waals surface area contributed by atoms with E-state index in [0.717, 1.165) is 17.0 Å². The second-order valence-electron chi connectivity index (χ2n) is 5.19. The summed E-state index contributed by atoms with van der Waals surface area (Å²) in [7, 11) is 1.73. The maximum absolute atomic E-state index is 12.1. The Hall–Kier alpha value is -2.48. The van der Waals surface area contributed by atoms with E-state index in [1.54, 1.807) is 23.3 Å². The number of hydrogen-bond acceptors (Lipinski definition) is 7. The minimum atomic E-state index is -0.0130. The van der Waals surface area contributed by atoms with E-state index >= 15 is 0 Å². The summed E-state index contributed by atoms with van der Waals surface area (Å²) in [6.07, 6.45) is 0.719. The Labute approximate surface area is 136 Å². The SMILES string of the molecule is Cc1cc(CN(C)C(=O)CCc2nnc(-c3ccsc3)o2)no1. The molecule has 0 bridgehead atoms. The Balaban J connectivity index is 1.52. The molecule has 0 fully saturated rings. The van der Waals surface area contributed by atoms with Crippen molar-refractivity contribution in [2.24, 2.45) is 0 Å². The summed E-state index contributed by atoms with van der Waals surface area (Å²) in [4.78, 5) is 13.7. The highest BCUT2D eigenvalue weighted by atomic mass is 32.1. The van der Waals surface area contributed by atoms with E-state index < -0.39 is 0 Å². The second kappa shape index (κ2) is 6.74. The quantitative estimate of drug-likeness (QED) is 0.690. The summed E-state index contributed by atoms with van der Waals surface area (Å²) in [6.45, 7) is 2.24. The normalized spacial score (nSPS) is 10.9. The molecule has 3 aromatic rings. The molecule has 23 heavy (non-hydrogen) atoms. The van der Waals surface area contributed by atoms with Crippen molar-refractivity contribution < 1.29 is 13.7 Å². The lowest BCUT2D eigenvalue weighted by Crippen LogP contribution is -2.26. The van der Waals surface area contributed by atoms with Gasteiger partial charge in [-0.3, -0.25) is 4.79 Å². The number of aromatic nitrogens is 3. The molecule has 0 saturated heterocycles. The molecule has 0 spiro atoms. The van der Waals surface area contributed by atoms with Gasteiger partial charge >= 0.3 is 0 Å². The Morgan fingerprint density at radius 1 is 1.39 bits per heavy atom. The van der Waals surface area contributed by atoms with E-state index in [2.05, 4.69) is 15.4 Å². The number of carbonyl (C=O) groups is 1. The van der Waals surface area contributed by atoms with Crippen molar-refractivity contribution in [3.05, 3.63) is 40.2 Å². The highest BCUT2D eigenvalue weighted by Gasteiger charge is 2.14. The molecular weight excluding hydrogens is 316 g/mol.